The number of halogens is 1. The van der Waals surface area contributed by atoms with Crippen molar-refractivity contribution in [1.29, 1.82) is 0 Å². The van der Waals surface area contributed by atoms with Gasteiger partial charge in [-0.3, -0.25) is 4.99 Å². The lowest BCUT2D eigenvalue weighted by Crippen LogP contribution is -2.41. The quantitative estimate of drug-likeness (QED) is 0.314. The number of methoxy groups -OCH3 is 2. The number of anilines is 1. The Hall–Kier alpha value is -2.16. The minimum Gasteiger partial charge on any atom is -0.496 e. The molecule has 2 aromatic rings. The van der Waals surface area contributed by atoms with Gasteiger partial charge in [0.1, 0.15) is 11.5 Å². The first-order chi connectivity index (χ1) is 14.2. The Morgan fingerprint density at radius 1 is 1.03 bits per heavy atom. The smallest absolute Gasteiger partial charge is 0.190 e. The fourth-order valence-electron chi connectivity index (χ4n) is 3.80. The molecule has 0 aliphatic carbocycles. The van der Waals surface area contributed by atoms with Crippen LogP contribution in [0.2, 0.25) is 0 Å². The van der Waals surface area contributed by atoms with E-state index in [1.54, 1.807) is 14.2 Å². The van der Waals surface area contributed by atoms with Gasteiger partial charge in [-0.05, 0) is 42.5 Å². The summed E-state index contributed by atoms with van der Waals surface area (Å²) < 4.78 is 10.9. The van der Waals surface area contributed by atoms with Crippen molar-refractivity contribution in [3.05, 3.63) is 54.1 Å². The molecular weight excluding hydrogens is 491 g/mol. The van der Waals surface area contributed by atoms with E-state index in [-0.39, 0.29) is 24.0 Å². The molecule has 1 unspecified atom stereocenters. The van der Waals surface area contributed by atoms with Gasteiger partial charge in [0.25, 0.3) is 0 Å². The van der Waals surface area contributed by atoms with Crippen molar-refractivity contribution in [3.63, 3.8) is 0 Å². The standard InChI is InChI=1S/C23H32N4O2.HI/c1-24-23(25-14-12-19-8-4-6-10-21(19)28-2)26-16-18-13-15-27(17-18)20-9-5-7-11-22(20)29-3;/h4-11,18H,12-17H2,1-3H3,(H2,24,25,26);1H. The molecule has 0 bridgehead atoms. The first-order valence-corrected chi connectivity index (χ1v) is 10.2. The van der Waals surface area contributed by atoms with Gasteiger partial charge in [0, 0.05) is 33.2 Å². The van der Waals surface area contributed by atoms with E-state index in [1.807, 2.05) is 37.4 Å². The summed E-state index contributed by atoms with van der Waals surface area (Å²) >= 11 is 0. The number of benzene rings is 2. The Balaban J connectivity index is 0.00000320. The first-order valence-electron chi connectivity index (χ1n) is 10.2. The van der Waals surface area contributed by atoms with Crippen LogP contribution >= 0.6 is 24.0 Å². The van der Waals surface area contributed by atoms with Crippen molar-refractivity contribution in [2.24, 2.45) is 10.9 Å². The Labute approximate surface area is 197 Å². The van der Waals surface area contributed by atoms with Crippen molar-refractivity contribution in [2.45, 2.75) is 12.8 Å². The summed E-state index contributed by atoms with van der Waals surface area (Å²) in [5, 5.41) is 6.88. The largest absolute Gasteiger partial charge is 0.496 e. The van der Waals surface area contributed by atoms with E-state index in [9.17, 15) is 0 Å². The molecular formula is C23H33IN4O2. The van der Waals surface area contributed by atoms with E-state index in [0.29, 0.717) is 5.92 Å². The van der Waals surface area contributed by atoms with E-state index < -0.39 is 0 Å². The average Bonchev–Trinajstić information content (AvgIpc) is 3.25. The topological polar surface area (TPSA) is 58.1 Å². The van der Waals surface area contributed by atoms with Crippen LogP contribution in [0.25, 0.3) is 0 Å². The van der Waals surface area contributed by atoms with Crippen molar-refractivity contribution in [1.82, 2.24) is 10.6 Å². The summed E-state index contributed by atoms with van der Waals surface area (Å²) in [5.74, 6) is 3.29. The maximum atomic E-state index is 5.51. The van der Waals surface area contributed by atoms with Crippen molar-refractivity contribution in [2.75, 3.05) is 52.3 Å². The minimum atomic E-state index is 0. The van der Waals surface area contributed by atoms with Gasteiger partial charge in [0.05, 0.1) is 19.9 Å². The normalized spacial score (nSPS) is 16.0. The van der Waals surface area contributed by atoms with Gasteiger partial charge in [-0.15, -0.1) is 24.0 Å². The predicted molar refractivity (Wildman–Crippen MR) is 135 cm³/mol. The molecule has 30 heavy (non-hydrogen) atoms. The Morgan fingerprint density at radius 3 is 2.47 bits per heavy atom. The molecule has 0 saturated carbocycles. The Morgan fingerprint density at radius 2 is 1.73 bits per heavy atom. The van der Waals surface area contributed by atoms with Crippen LogP contribution in [0.5, 0.6) is 11.5 Å². The molecule has 2 N–H and O–H groups in total. The molecule has 2 aromatic carbocycles. The van der Waals surface area contributed by atoms with Gasteiger partial charge in [-0.1, -0.05) is 30.3 Å². The molecule has 0 aromatic heterocycles. The van der Waals surface area contributed by atoms with Crippen molar-refractivity contribution in [3.8, 4) is 11.5 Å². The molecule has 1 aliphatic heterocycles. The Bertz CT molecular complexity index is 815. The third kappa shape index (κ3) is 6.42. The molecule has 6 nitrogen and oxygen atoms in total. The lowest BCUT2D eigenvalue weighted by Gasteiger charge is -2.21. The van der Waals surface area contributed by atoms with Gasteiger partial charge in [0.15, 0.2) is 5.96 Å². The van der Waals surface area contributed by atoms with E-state index in [2.05, 4.69) is 38.7 Å². The van der Waals surface area contributed by atoms with Crippen molar-refractivity contribution < 1.29 is 9.47 Å². The molecule has 164 valence electrons. The first kappa shape index (κ1) is 24.1. The summed E-state index contributed by atoms with van der Waals surface area (Å²) in [6.07, 6.45) is 2.04. The molecule has 1 fully saturated rings. The molecule has 1 aliphatic rings. The SMILES string of the molecule is CN=C(NCCc1ccccc1OC)NCC1CCN(c2ccccc2OC)C1.I. The molecule has 1 heterocycles. The highest BCUT2D eigenvalue weighted by atomic mass is 127. The highest BCUT2D eigenvalue weighted by Crippen LogP contribution is 2.31. The number of hydrogen-bond donors (Lipinski definition) is 2. The van der Waals surface area contributed by atoms with Gasteiger partial charge in [0.2, 0.25) is 0 Å². The van der Waals surface area contributed by atoms with Crippen LogP contribution in [-0.4, -0.2) is 53.4 Å². The minimum absolute atomic E-state index is 0. The number of ether oxygens (including phenoxy) is 2. The maximum absolute atomic E-state index is 5.51. The lowest BCUT2D eigenvalue weighted by atomic mass is 10.1. The highest BCUT2D eigenvalue weighted by molar-refractivity contribution is 14.0. The zero-order valence-corrected chi connectivity index (χ0v) is 20.4. The number of nitrogens with one attached hydrogen (secondary N) is 2. The summed E-state index contributed by atoms with van der Waals surface area (Å²) in [6.45, 7) is 3.77. The van der Waals surface area contributed by atoms with Crippen LogP contribution in [0.1, 0.15) is 12.0 Å². The maximum Gasteiger partial charge on any atom is 0.190 e. The predicted octanol–water partition coefficient (Wildman–Crippen LogP) is 3.56. The van der Waals surface area contributed by atoms with Gasteiger partial charge < -0.3 is 25.0 Å². The van der Waals surface area contributed by atoms with E-state index in [1.165, 1.54) is 11.3 Å². The average molecular weight is 524 g/mol. The molecule has 7 heteroatoms. The Kier molecular flexibility index (Phi) is 10.1. The van der Waals surface area contributed by atoms with Crippen molar-refractivity contribution >= 4 is 35.6 Å². The van der Waals surface area contributed by atoms with Gasteiger partial charge in [-0.25, -0.2) is 0 Å². The van der Waals surface area contributed by atoms with Gasteiger partial charge in [-0.2, -0.15) is 0 Å². The monoisotopic (exact) mass is 524 g/mol. The third-order valence-corrected chi connectivity index (χ3v) is 5.37. The highest BCUT2D eigenvalue weighted by Gasteiger charge is 2.24. The second-order valence-corrected chi connectivity index (χ2v) is 7.21. The van der Waals surface area contributed by atoms with E-state index in [4.69, 9.17) is 9.47 Å². The number of nitrogens with zero attached hydrogens (tertiary/aromatic N) is 2. The van der Waals surface area contributed by atoms with Crippen LogP contribution in [0.4, 0.5) is 5.69 Å². The van der Waals surface area contributed by atoms with Crippen LogP contribution < -0.4 is 25.0 Å². The molecule has 0 amide bonds. The number of para-hydroxylation sites is 3. The molecule has 1 atom stereocenters. The van der Waals surface area contributed by atoms with Crippen LogP contribution in [-0.2, 0) is 6.42 Å². The molecule has 1 saturated heterocycles. The lowest BCUT2D eigenvalue weighted by molar-refractivity contribution is 0.409. The fraction of sp³-hybridized carbons (Fsp3) is 0.435. The zero-order chi connectivity index (χ0) is 20.5. The van der Waals surface area contributed by atoms with Gasteiger partial charge >= 0.3 is 0 Å². The second-order valence-electron chi connectivity index (χ2n) is 7.21. The zero-order valence-electron chi connectivity index (χ0n) is 18.1. The number of guanidine groups is 1. The molecule has 0 radical (unpaired) electrons. The molecule has 0 spiro atoms. The van der Waals surface area contributed by atoms with E-state index in [0.717, 1.165) is 56.5 Å². The molecule has 3 rings (SSSR count). The van der Waals surface area contributed by atoms with E-state index >= 15 is 0 Å². The number of hydrogen-bond acceptors (Lipinski definition) is 4. The summed E-state index contributed by atoms with van der Waals surface area (Å²) in [6, 6.07) is 16.4. The van der Waals surface area contributed by atoms with Crippen LogP contribution in [0, 0.1) is 5.92 Å². The van der Waals surface area contributed by atoms with Crippen LogP contribution in [0.3, 0.4) is 0 Å². The number of aliphatic imine (C=N–C) groups is 1. The number of rotatable bonds is 8. The summed E-state index contributed by atoms with van der Waals surface area (Å²) in [4.78, 5) is 6.76. The fourth-order valence-corrected chi connectivity index (χ4v) is 3.80. The third-order valence-electron chi connectivity index (χ3n) is 5.37. The van der Waals surface area contributed by atoms with Crippen LogP contribution in [0.15, 0.2) is 53.5 Å². The second kappa shape index (κ2) is 12.5. The summed E-state index contributed by atoms with van der Waals surface area (Å²) in [5.41, 5.74) is 2.37. The summed E-state index contributed by atoms with van der Waals surface area (Å²) in [7, 11) is 5.26.